The molecular formula is C11H15NO2. The van der Waals surface area contributed by atoms with Gasteiger partial charge in [-0.05, 0) is 17.9 Å². The minimum absolute atomic E-state index is 0.138. The van der Waals surface area contributed by atoms with Gasteiger partial charge >= 0.3 is 0 Å². The van der Waals surface area contributed by atoms with E-state index < -0.39 is 12.0 Å². The number of hydrogen-bond acceptors (Lipinski definition) is 2. The van der Waals surface area contributed by atoms with Gasteiger partial charge in [-0.25, -0.2) is 0 Å². The lowest BCUT2D eigenvalue weighted by molar-refractivity contribution is -0.126. The fourth-order valence-electron chi connectivity index (χ4n) is 1.37. The lowest BCUT2D eigenvalue weighted by atomic mass is 9.95. The van der Waals surface area contributed by atoms with Crippen molar-refractivity contribution in [2.75, 3.05) is 0 Å². The molecule has 0 fully saturated rings. The second kappa shape index (κ2) is 4.77. The van der Waals surface area contributed by atoms with E-state index in [9.17, 15) is 9.90 Å². The van der Waals surface area contributed by atoms with E-state index >= 15 is 0 Å². The van der Waals surface area contributed by atoms with Crippen molar-refractivity contribution in [3.8, 4) is 0 Å². The molecule has 3 heteroatoms. The molecule has 0 saturated carbocycles. The predicted octanol–water partition coefficient (Wildman–Crippen LogP) is 1.03. The van der Waals surface area contributed by atoms with E-state index in [0.717, 1.165) is 5.56 Å². The molecular weight excluding hydrogens is 178 g/mol. The molecule has 14 heavy (non-hydrogen) atoms. The van der Waals surface area contributed by atoms with Crippen molar-refractivity contribution in [2.45, 2.75) is 25.4 Å². The number of aliphatic hydroxyl groups excluding tert-OH is 1. The summed E-state index contributed by atoms with van der Waals surface area (Å²) in [7, 11) is 0. The van der Waals surface area contributed by atoms with Gasteiger partial charge in [0.05, 0.1) is 0 Å². The molecule has 0 radical (unpaired) electrons. The van der Waals surface area contributed by atoms with Crippen LogP contribution in [0.4, 0.5) is 0 Å². The maximum Gasteiger partial charge on any atom is 0.246 e. The molecule has 0 spiro atoms. The molecule has 1 amide bonds. The van der Waals surface area contributed by atoms with Crippen molar-refractivity contribution in [3.63, 3.8) is 0 Å². The van der Waals surface area contributed by atoms with Gasteiger partial charge in [-0.2, -0.15) is 0 Å². The molecule has 2 atom stereocenters. The minimum atomic E-state index is -1.05. The fraction of sp³-hybridized carbons (Fsp3) is 0.364. The van der Waals surface area contributed by atoms with Gasteiger partial charge in [-0.15, -0.1) is 0 Å². The molecule has 3 nitrogen and oxygen atoms in total. The summed E-state index contributed by atoms with van der Waals surface area (Å²) in [6.45, 7) is 1.96. The van der Waals surface area contributed by atoms with E-state index in [0.29, 0.717) is 6.42 Å². The van der Waals surface area contributed by atoms with E-state index in [1.54, 1.807) is 0 Å². The number of amides is 1. The van der Waals surface area contributed by atoms with E-state index in [1.807, 2.05) is 37.3 Å². The van der Waals surface area contributed by atoms with Gasteiger partial charge in [-0.1, -0.05) is 37.3 Å². The summed E-state index contributed by atoms with van der Waals surface area (Å²) >= 11 is 0. The number of rotatable bonds is 4. The Bertz CT molecular complexity index is 297. The monoisotopic (exact) mass is 193 g/mol. The highest BCUT2D eigenvalue weighted by Crippen LogP contribution is 2.19. The Morgan fingerprint density at radius 1 is 1.43 bits per heavy atom. The van der Waals surface area contributed by atoms with Crippen molar-refractivity contribution in [3.05, 3.63) is 35.9 Å². The number of carbonyl (C=O) groups excluding carboxylic acids is 1. The van der Waals surface area contributed by atoms with Gasteiger partial charge in [0.15, 0.2) is 0 Å². The topological polar surface area (TPSA) is 63.3 Å². The number of primary amides is 1. The fourth-order valence-corrected chi connectivity index (χ4v) is 1.37. The maximum absolute atomic E-state index is 10.6. The zero-order valence-corrected chi connectivity index (χ0v) is 8.18. The Balaban J connectivity index is 2.59. The molecule has 0 aromatic heterocycles. The van der Waals surface area contributed by atoms with Gasteiger partial charge in [0.1, 0.15) is 6.10 Å². The van der Waals surface area contributed by atoms with Gasteiger partial charge in [0.25, 0.3) is 0 Å². The molecule has 0 aliphatic rings. The van der Waals surface area contributed by atoms with Crippen LogP contribution in [0.15, 0.2) is 30.3 Å². The van der Waals surface area contributed by atoms with Gasteiger partial charge < -0.3 is 10.8 Å². The highest BCUT2D eigenvalue weighted by Gasteiger charge is 2.15. The van der Waals surface area contributed by atoms with Crippen molar-refractivity contribution in [1.29, 1.82) is 0 Å². The molecule has 1 aromatic carbocycles. The van der Waals surface area contributed by atoms with Crippen LogP contribution < -0.4 is 5.73 Å². The number of aliphatic hydroxyl groups is 1. The van der Waals surface area contributed by atoms with Crippen LogP contribution in [-0.2, 0) is 4.79 Å². The Kier molecular flexibility index (Phi) is 3.65. The van der Waals surface area contributed by atoms with Gasteiger partial charge in [-0.3, -0.25) is 4.79 Å². The summed E-state index contributed by atoms with van der Waals surface area (Å²) in [6.07, 6.45) is -0.676. The van der Waals surface area contributed by atoms with Gasteiger partial charge in [0, 0.05) is 0 Å². The smallest absolute Gasteiger partial charge is 0.246 e. The van der Waals surface area contributed by atoms with Crippen molar-refractivity contribution >= 4 is 5.91 Å². The Hall–Kier alpha value is -1.35. The summed E-state index contributed by atoms with van der Waals surface area (Å²) in [6, 6.07) is 9.74. The first-order valence-electron chi connectivity index (χ1n) is 4.63. The first kappa shape index (κ1) is 10.7. The molecule has 0 saturated heterocycles. The highest BCUT2D eigenvalue weighted by atomic mass is 16.3. The number of nitrogens with two attached hydrogens (primary N) is 1. The highest BCUT2D eigenvalue weighted by molar-refractivity contribution is 5.78. The second-order valence-corrected chi connectivity index (χ2v) is 3.47. The lowest BCUT2D eigenvalue weighted by Crippen LogP contribution is -2.29. The van der Waals surface area contributed by atoms with E-state index in [1.165, 1.54) is 0 Å². The first-order valence-corrected chi connectivity index (χ1v) is 4.63. The van der Waals surface area contributed by atoms with E-state index in [-0.39, 0.29) is 5.92 Å². The average molecular weight is 193 g/mol. The zero-order chi connectivity index (χ0) is 10.6. The Morgan fingerprint density at radius 3 is 2.50 bits per heavy atom. The van der Waals surface area contributed by atoms with E-state index in [4.69, 9.17) is 5.73 Å². The molecule has 0 aliphatic carbocycles. The minimum Gasteiger partial charge on any atom is -0.383 e. The zero-order valence-electron chi connectivity index (χ0n) is 8.18. The van der Waals surface area contributed by atoms with Crippen molar-refractivity contribution < 1.29 is 9.90 Å². The molecule has 0 aliphatic heterocycles. The molecule has 1 aromatic rings. The standard InChI is InChI=1S/C11H15NO2/c1-8(7-10(13)11(12)14)9-5-3-2-4-6-9/h2-6,8,10,13H,7H2,1H3,(H2,12,14). The van der Waals surface area contributed by atoms with Crippen molar-refractivity contribution in [2.24, 2.45) is 5.73 Å². The summed E-state index contributed by atoms with van der Waals surface area (Å²) < 4.78 is 0. The third kappa shape index (κ3) is 2.85. The lowest BCUT2D eigenvalue weighted by Gasteiger charge is -2.14. The quantitative estimate of drug-likeness (QED) is 0.750. The Labute approximate surface area is 83.6 Å². The van der Waals surface area contributed by atoms with Crippen LogP contribution in [0.25, 0.3) is 0 Å². The molecule has 3 N–H and O–H groups in total. The molecule has 76 valence electrons. The number of benzene rings is 1. The van der Waals surface area contributed by atoms with Crippen LogP contribution in [0.5, 0.6) is 0 Å². The molecule has 2 unspecified atom stereocenters. The largest absolute Gasteiger partial charge is 0.383 e. The van der Waals surface area contributed by atoms with Crippen LogP contribution in [-0.4, -0.2) is 17.1 Å². The summed E-state index contributed by atoms with van der Waals surface area (Å²) in [5.41, 5.74) is 6.08. The van der Waals surface area contributed by atoms with Crippen LogP contribution >= 0.6 is 0 Å². The maximum atomic E-state index is 10.6. The van der Waals surface area contributed by atoms with E-state index in [2.05, 4.69) is 0 Å². The van der Waals surface area contributed by atoms with Crippen LogP contribution in [0.2, 0.25) is 0 Å². The number of carbonyl (C=O) groups is 1. The van der Waals surface area contributed by atoms with Crippen LogP contribution in [0.1, 0.15) is 24.8 Å². The van der Waals surface area contributed by atoms with Crippen molar-refractivity contribution in [1.82, 2.24) is 0 Å². The first-order chi connectivity index (χ1) is 6.61. The number of hydrogen-bond donors (Lipinski definition) is 2. The average Bonchev–Trinajstić information content (AvgIpc) is 2.19. The molecule has 0 heterocycles. The van der Waals surface area contributed by atoms with Crippen LogP contribution in [0, 0.1) is 0 Å². The third-order valence-corrected chi connectivity index (χ3v) is 2.27. The summed E-state index contributed by atoms with van der Waals surface area (Å²) in [5.74, 6) is -0.522. The Morgan fingerprint density at radius 2 is 2.00 bits per heavy atom. The van der Waals surface area contributed by atoms with Gasteiger partial charge in [0.2, 0.25) is 5.91 Å². The summed E-state index contributed by atoms with van der Waals surface area (Å²) in [4.78, 5) is 10.6. The SMILES string of the molecule is CC(CC(O)C(N)=O)c1ccccc1. The molecule has 0 bridgehead atoms. The third-order valence-electron chi connectivity index (χ3n) is 2.27. The summed E-state index contributed by atoms with van der Waals surface area (Å²) in [5, 5.41) is 9.28. The second-order valence-electron chi connectivity index (χ2n) is 3.47. The van der Waals surface area contributed by atoms with Crippen LogP contribution in [0.3, 0.4) is 0 Å². The molecule has 1 rings (SSSR count). The predicted molar refractivity (Wildman–Crippen MR) is 54.7 cm³/mol. The normalized spacial score (nSPS) is 14.7.